The van der Waals surface area contributed by atoms with Gasteiger partial charge in [-0.05, 0) is 18.6 Å². The average Bonchev–Trinajstić information content (AvgIpc) is 2.51. The Hall–Kier alpha value is -2.53. The SMILES string of the molecule is CC1C(C#N)=C(c2ccccc2)c2ccccc2N1C. The fraction of sp³-hybridized carbons (Fsp3) is 0.167. The van der Waals surface area contributed by atoms with Gasteiger partial charge >= 0.3 is 0 Å². The summed E-state index contributed by atoms with van der Waals surface area (Å²) >= 11 is 0. The van der Waals surface area contributed by atoms with E-state index in [0.29, 0.717) is 0 Å². The topological polar surface area (TPSA) is 27.0 Å². The third kappa shape index (κ3) is 1.80. The molecule has 0 saturated heterocycles. The molecule has 0 aliphatic carbocycles. The van der Waals surface area contributed by atoms with Crippen LogP contribution in [0.15, 0.2) is 60.2 Å². The van der Waals surface area contributed by atoms with Crippen LogP contribution in [0.25, 0.3) is 5.57 Å². The van der Waals surface area contributed by atoms with E-state index in [4.69, 9.17) is 0 Å². The molecule has 98 valence electrons. The van der Waals surface area contributed by atoms with E-state index in [1.165, 1.54) is 5.69 Å². The van der Waals surface area contributed by atoms with Gasteiger partial charge < -0.3 is 4.90 Å². The Bertz CT molecular complexity index is 708. The lowest BCUT2D eigenvalue weighted by Gasteiger charge is -2.35. The molecule has 0 fully saturated rings. The van der Waals surface area contributed by atoms with Crippen molar-refractivity contribution >= 4 is 11.3 Å². The van der Waals surface area contributed by atoms with Gasteiger partial charge in [0, 0.05) is 23.9 Å². The van der Waals surface area contributed by atoms with Crippen LogP contribution in [0, 0.1) is 11.3 Å². The quantitative estimate of drug-likeness (QED) is 0.778. The average molecular weight is 260 g/mol. The number of nitrogens with zero attached hydrogens (tertiary/aromatic N) is 2. The highest BCUT2D eigenvalue weighted by molar-refractivity contribution is 5.93. The molecule has 0 radical (unpaired) electrons. The molecule has 2 heteroatoms. The third-order valence-corrected chi connectivity index (χ3v) is 4.00. The monoisotopic (exact) mass is 260 g/mol. The number of benzene rings is 2. The molecule has 1 aliphatic heterocycles. The minimum Gasteiger partial charge on any atom is -0.367 e. The predicted octanol–water partition coefficient (Wildman–Crippen LogP) is 3.85. The number of nitriles is 1. The fourth-order valence-electron chi connectivity index (χ4n) is 2.81. The number of para-hydroxylation sites is 1. The molecule has 3 rings (SSSR count). The van der Waals surface area contributed by atoms with Crippen LogP contribution in [0.2, 0.25) is 0 Å². The van der Waals surface area contributed by atoms with Crippen LogP contribution in [0.4, 0.5) is 5.69 Å². The van der Waals surface area contributed by atoms with E-state index in [1.807, 2.05) is 37.4 Å². The lowest BCUT2D eigenvalue weighted by molar-refractivity contribution is 0.788. The van der Waals surface area contributed by atoms with Crippen molar-refractivity contribution in [2.24, 2.45) is 0 Å². The minimum absolute atomic E-state index is 0.0881. The van der Waals surface area contributed by atoms with Crippen molar-refractivity contribution in [1.29, 1.82) is 5.26 Å². The molecule has 2 nitrogen and oxygen atoms in total. The summed E-state index contributed by atoms with van der Waals surface area (Å²) < 4.78 is 0. The Balaban J connectivity index is 2.33. The van der Waals surface area contributed by atoms with Crippen LogP contribution in [0.5, 0.6) is 0 Å². The zero-order chi connectivity index (χ0) is 14.1. The van der Waals surface area contributed by atoms with Crippen LogP contribution in [0.1, 0.15) is 18.1 Å². The van der Waals surface area contributed by atoms with Gasteiger partial charge in [-0.25, -0.2) is 0 Å². The first-order valence-electron chi connectivity index (χ1n) is 6.76. The second-order valence-corrected chi connectivity index (χ2v) is 5.07. The molecule has 20 heavy (non-hydrogen) atoms. The molecular weight excluding hydrogens is 244 g/mol. The summed E-state index contributed by atoms with van der Waals surface area (Å²) in [5.41, 5.74) is 5.32. The summed E-state index contributed by atoms with van der Waals surface area (Å²) in [6.07, 6.45) is 0. The van der Waals surface area contributed by atoms with Crippen LogP contribution in [0.3, 0.4) is 0 Å². The number of anilines is 1. The maximum atomic E-state index is 9.60. The van der Waals surface area contributed by atoms with E-state index in [0.717, 1.165) is 22.3 Å². The molecule has 1 atom stereocenters. The molecule has 1 heterocycles. The standard InChI is InChI=1S/C18H16N2/c1-13-16(12-19)18(14-8-4-3-5-9-14)15-10-6-7-11-17(15)20(13)2/h3-11,13H,1-2H3. The molecule has 0 aromatic heterocycles. The molecule has 2 aromatic rings. The molecule has 0 bridgehead atoms. The minimum atomic E-state index is 0.0881. The zero-order valence-corrected chi connectivity index (χ0v) is 11.7. The second-order valence-electron chi connectivity index (χ2n) is 5.07. The van der Waals surface area contributed by atoms with Gasteiger partial charge in [-0.3, -0.25) is 0 Å². The van der Waals surface area contributed by atoms with Gasteiger partial charge in [0.15, 0.2) is 0 Å². The molecule has 1 aliphatic rings. The van der Waals surface area contributed by atoms with E-state index in [2.05, 4.69) is 42.2 Å². The van der Waals surface area contributed by atoms with Crippen molar-refractivity contribution in [2.45, 2.75) is 13.0 Å². The molecule has 0 N–H and O–H groups in total. The molecule has 0 amide bonds. The maximum Gasteiger partial charge on any atom is 0.0975 e. The number of hydrogen-bond acceptors (Lipinski definition) is 2. The third-order valence-electron chi connectivity index (χ3n) is 4.00. The Morgan fingerprint density at radius 3 is 2.35 bits per heavy atom. The van der Waals surface area contributed by atoms with Gasteiger partial charge in [-0.2, -0.15) is 5.26 Å². The van der Waals surface area contributed by atoms with Crippen molar-refractivity contribution in [3.8, 4) is 6.07 Å². The van der Waals surface area contributed by atoms with E-state index < -0.39 is 0 Å². The Labute approximate surface area is 119 Å². The van der Waals surface area contributed by atoms with Crippen LogP contribution >= 0.6 is 0 Å². The van der Waals surface area contributed by atoms with Crippen LogP contribution in [-0.2, 0) is 0 Å². The molecule has 1 unspecified atom stereocenters. The highest BCUT2D eigenvalue weighted by atomic mass is 15.1. The van der Waals surface area contributed by atoms with E-state index >= 15 is 0 Å². The molecule has 2 aromatic carbocycles. The number of fused-ring (bicyclic) bond motifs is 1. The normalized spacial score (nSPS) is 17.6. The van der Waals surface area contributed by atoms with Crippen molar-refractivity contribution in [1.82, 2.24) is 0 Å². The number of likely N-dealkylation sites (N-methyl/N-ethyl adjacent to an activating group) is 1. The van der Waals surface area contributed by atoms with Gasteiger partial charge in [0.25, 0.3) is 0 Å². The van der Waals surface area contributed by atoms with Gasteiger partial charge in [0.05, 0.1) is 17.7 Å². The lowest BCUT2D eigenvalue weighted by atomic mass is 9.85. The van der Waals surface area contributed by atoms with E-state index in [1.54, 1.807) is 0 Å². The Kier molecular flexibility index (Phi) is 3.04. The first-order chi connectivity index (χ1) is 9.74. The van der Waals surface area contributed by atoms with E-state index in [-0.39, 0.29) is 6.04 Å². The van der Waals surface area contributed by atoms with Crippen LogP contribution in [-0.4, -0.2) is 13.1 Å². The van der Waals surface area contributed by atoms with Gasteiger partial charge in [-0.1, -0.05) is 48.5 Å². The summed E-state index contributed by atoms with van der Waals surface area (Å²) in [7, 11) is 2.04. The molecule has 0 saturated carbocycles. The van der Waals surface area contributed by atoms with Gasteiger partial charge in [0.1, 0.15) is 0 Å². The number of hydrogen-bond donors (Lipinski definition) is 0. The first-order valence-corrected chi connectivity index (χ1v) is 6.76. The molecular formula is C18H16N2. The fourth-order valence-corrected chi connectivity index (χ4v) is 2.81. The zero-order valence-electron chi connectivity index (χ0n) is 11.7. The maximum absolute atomic E-state index is 9.60. The molecule has 0 spiro atoms. The Morgan fingerprint density at radius 2 is 1.65 bits per heavy atom. The lowest BCUT2D eigenvalue weighted by Crippen LogP contribution is -2.34. The van der Waals surface area contributed by atoms with Crippen molar-refractivity contribution < 1.29 is 0 Å². The van der Waals surface area contributed by atoms with Gasteiger partial charge in [0.2, 0.25) is 0 Å². The first kappa shape index (κ1) is 12.5. The van der Waals surface area contributed by atoms with Crippen LogP contribution < -0.4 is 4.90 Å². The van der Waals surface area contributed by atoms with Gasteiger partial charge in [-0.15, -0.1) is 0 Å². The smallest absolute Gasteiger partial charge is 0.0975 e. The number of rotatable bonds is 1. The predicted molar refractivity (Wildman–Crippen MR) is 82.4 cm³/mol. The summed E-state index contributed by atoms with van der Waals surface area (Å²) in [4.78, 5) is 2.17. The highest BCUT2D eigenvalue weighted by Crippen LogP contribution is 2.40. The summed E-state index contributed by atoms with van der Waals surface area (Å²) in [6, 6.07) is 21.0. The summed E-state index contributed by atoms with van der Waals surface area (Å²) in [6.45, 7) is 2.08. The second kappa shape index (κ2) is 4.86. The summed E-state index contributed by atoms with van der Waals surface area (Å²) in [5, 5.41) is 9.60. The Morgan fingerprint density at radius 1 is 1.00 bits per heavy atom. The largest absolute Gasteiger partial charge is 0.367 e. The summed E-state index contributed by atoms with van der Waals surface area (Å²) in [5.74, 6) is 0. The van der Waals surface area contributed by atoms with Crippen molar-refractivity contribution in [3.63, 3.8) is 0 Å². The van der Waals surface area contributed by atoms with Crippen molar-refractivity contribution in [2.75, 3.05) is 11.9 Å². The highest BCUT2D eigenvalue weighted by Gasteiger charge is 2.28. The van der Waals surface area contributed by atoms with Crippen molar-refractivity contribution in [3.05, 3.63) is 71.3 Å². The van der Waals surface area contributed by atoms with E-state index in [9.17, 15) is 5.26 Å².